The first kappa shape index (κ1) is 10.6. The lowest BCUT2D eigenvalue weighted by molar-refractivity contribution is 0.470. The molecule has 1 aromatic rings. The predicted molar refractivity (Wildman–Crippen MR) is 51.6 cm³/mol. The number of phenols is 1. The molecule has 0 amide bonds. The molecule has 1 aromatic carbocycles. The van der Waals surface area contributed by atoms with Gasteiger partial charge in [0.1, 0.15) is 5.75 Å². The zero-order valence-electron chi connectivity index (χ0n) is 6.37. The highest BCUT2D eigenvalue weighted by molar-refractivity contribution is 8.13. The molecule has 0 heterocycles. The third kappa shape index (κ3) is 3.06. The van der Waals surface area contributed by atoms with Crippen molar-refractivity contribution in [3.8, 4) is 5.75 Å². The van der Waals surface area contributed by atoms with E-state index in [4.69, 9.17) is 22.3 Å². The standard InChI is InChI=1S/C7H6Cl2O3S/c8-6-3-1-2-5(7(6)10)4-13(9,11)12/h1-3,10H,4H2. The highest BCUT2D eigenvalue weighted by Gasteiger charge is 2.12. The highest BCUT2D eigenvalue weighted by atomic mass is 35.7. The van der Waals surface area contributed by atoms with Gasteiger partial charge in [0, 0.05) is 16.2 Å². The van der Waals surface area contributed by atoms with Crippen molar-refractivity contribution >= 4 is 31.3 Å². The van der Waals surface area contributed by atoms with Crippen molar-refractivity contribution in [3.63, 3.8) is 0 Å². The SMILES string of the molecule is O=S(=O)(Cl)Cc1cccc(Cl)c1O. The van der Waals surface area contributed by atoms with Crippen LogP contribution in [0.25, 0.3) is 0 Å². The zero-order chi connectivity index (χ0) is 10.1. The number of halogens is 2. The number of rotatable bonds is 2. The Kier molecular flexibility index (Phi) is 3.05. The third-order valence-corrected chi connectivity index (χ3v) is 2.69. The number of phenolic OH excluding ortho intramolecular Hbond substituents is 1. The molecule has 72 valence electrons. The van der Waals surface area contributed by atoms with Crippen LogP contribution in [-0.4, -0.2) is 13.5 Å². The van der Waals surface area contributed by atoms with Crippen LogP contribution in [0.2, 0.25) is 5.02 Å². The maximum atomic E-state index is 10.7. The van der Waals surface area contributed by atoms with Crippen LogP contribution in [0.15, 0.2) is 18.2 Å². The summed E-state index contributed by atoms with van der Waals surface area (Å²) in [5, 5.41) is 9.41. The summed E-state index contributed by atoms with van der Waals surface area (Å²) in [4.78, 5) is 0. The first-order valence-corrected chi connectivity index (χ1v) is 6.14. The van der Waals surface area contributed by atoms with E-state index in [1.54, 1.807) is 6.07 Å². The largest absolute Gasteiger partial charge is 0.506 e. The van der Waals surface area contributed by atoms with Crippen LogP contribution in [0.4, 0.5) is 0 Å². The van der Waals surface area contributed by atoms with E-state index < -0.39 is 14.8 Å². The quantitative estimate of drug-likeness (QED) is 0.807. The Morgan fingerprint density at radius 1 is 1.38 bits per heavy atom. The Morgan fingerprint density at radius 3 is 2.54 bits per heavy atom. The average molecular weight is 241 g/mol. The van der Waals surface area contributed by atoms with Gasteiger partial charge in [-0.2, -0.15) is 0 Å². The number of hydrogen-bond donors (Lipinski definition) is 1. The third-order valence-electron chi connectivity index (χ3n) is 1.40. The van der Waals surface area contributed by atoms with E-state index in [0.717, 1.165) is 0 Å². The molecule has 0 aromatic heterocycles. The van der Waals surface area contributed by atoms with Gasteiger partial charge in [-0.3, -0.25) is 0 Å². The Labute approximate surface area is 85.3 Å². The fourth-order valence-electron chi connectivity index (χ4n) is 0.862. The van der Waals surface area contributed by atoms with Crippen LogP contribution in [0.1, 0.15) is 5.56 Å². The first-order chi connectivity index (χ1) is 5.90. The molecule has 3 nitrogen and oxygen atoms in total. The molecule has 0 aliphatic carbocycles. The van der Waals surface area contributed by atoms with E-state index in [-0.39, 0.29) is 16.3 Å². The lowest BCUT2D eigenvalue weighted by Gasteiger charge is -2.02. The monoisotopic (exact) mass is 240 g/mol. The summed E-state index contributed by atoms with van der Waals surface area (Å²) in [5.74, 6) is -0.672. The van der Waals surface area contributed by atoms with Gasteiger partial charge in [0.25, 0.3) is 0 Å². The van der Waals surface area contributed by atoms with Gasteiger partial charge >= 0.3 is 0 Å². The fraction of sp³-hybridized carbons (Fsp3) is 0.143. The van der Waals surface area contributed by atoms with E-state index in [2.05, 4.69) is 0 Å². The number of para-hydroxylation sites is 1. The molecule has 0 radical (unpaired) electrons. The second-order valence-electron chi connectivity index (χ2n) is 2.43. The molecular weight excluding hydrogens is 235 g/mol. The molecule has 0 unspecified atom stereocenters. The molecule has 1 rings (SSSR count). The van der Waals surface area contributed by atoms with Crippen molar-refractivity contribution in [2.75, 3.05) is 0 Å². The number of aromatic hydroxyl groups is 1. The van der Waals surface area contributed by atoms with E-state index in [9.17, 15) is 13.5 Å². The normalized spacial score (nSPS) is 11.5. The number of benzene rings is 1. The molecule has 0 spiro atoms. The summed E-state index contributed by atoms with van der Waals surface area (Å²) >= 11 is 5.55. The molecule has 0 aliphatic rings. The predicted octanol–water partition coefficient (Wildman–Crippen LogP) is 2.11. The molecular formula is C7H6Cl2O3S. The Balaban J connectivity index is 3.10. The van der Waals surface area contributed by atoms with E-state index >= 15 is 0 Å². The number of hydrogen-bond acceptors (Lipinski definition) is 3. The van der Waals surface area contributed by atoms with Crippen LogP contribution in [0, 0.1) is 0 Å². The molecule has 13 heavy (non-hydrogen) atoms. The van der Waals surface area contributed by atoms with Crippen molar-refractivity contribution in [2.45, 2.75) is 5.75 Å². The van der Waals surface area contributed by atoms with E-state index in [0.29, 0.717) is 0 Å². The summed E-state index contributed by atoms with van der Waals surface area (Å²) in [6, 6.07) is 4.45. The van der Waals surface area contributed by atoms with E-state index in [1.165, 1.54) is 12.1 Å². The van der Waals surface area contributed by atoms with Crippen molar-refractivity contribution in [1.29, 1.82) is 0 Å². The van der Waals surface area contributed by atoms with Crippen LogP contribution >= 0.6 is 22.3 Å². The lowest BCUT2D eigenvalue weighted by atomic mass is 10.2. The minimum Gasteiger partial charge on any atom is -0.506 e. The minimum atomic E-state index is -3.66. The fourth-order valence-corrected chi connectivity index (χ4v) is 2.01. The highest BCUT2D eigenvalue weighted by Crippen LogP contribution is 2.28. The van der Waals surface area contributed by atoms with Gasteiger partial charge in [-0.05, 0) is 6.07 Å². The topological polar surface area (TPSA) is 54.4 Å². The molecule has 6 heteroatoms. The smallest absolute Gasteiger partial charge is 0.236 e. The minimum absolute atomic E-state index is 0.109. The lowest BCUT2D eigenvalue weighted by Crippen LogP contribution is -1.95. The van der Waals surface area contributed by atoms with Crippen molar-refractivity contribution in [2.24, 2.45) is 0 Å². The Morgan fingerprint density at radius 2 is 2.00 bits per heavy atom. The van der Waals surface area contributed by atoms with Crippen molar-refractivity contribution in [1.82, 2.24) is 0 Å². The van der Waals surface area contributed by atoms with Crippen LogP contribution < -0.4 is 0 Å². The second-order valence-corrected chi connectivity index (χ2v) is 5.61. The van der Waals surface area contributed by atoms with Gasteiger partial charge in [0.15, 0.2) is 0 Å². The molecule has 0 atom stereocenters. The van der Waals surface area contributed by atoms with Gasteiger partial charge < -0.3 is 5.11 Å². The molecule has 1 N–H and O–H groups in total. The zero-order valence-corrected chi connectivity index (χ0v) is 8.70. The van der Waals surface area contributed by atoms with Gasteiger partial charge in [-0.15, -0.1) is 0 Å². The molecule has 0 fully saturated rings. The molecule has 0 saturated heterocycles. The van der Waals surface area contributed by atoms with Gasteiger partial charge in [0.2, 0.25) is 9.05 Å². The summed E-state index contributed by atoms with van der Waals surface area (Å²) < 4.78 is 21.4. The summed E-state index contributed by atoms with van der Waals surface area (Å²) in [6.07, 6.45) is 0. The summed E-state index contributed by atoms with van der Waals surface area (Å²) in [6.45, 7) is 0. The molecule has 0 saturated carbocycles. The van der Waals surface area contributed by atoms with Gasteiger partial charge in [-0.1, -0.05) is 23.7 Å². The maximum Gasteiger partial charge on any atom is 0.236 e. The molecule has 0 aliphatic heterocycles. The molecule has 0 bridgehead atoms. The first-order valence-electron chi connectivity index (χ1n) is 3.29. The van der Waals surface area contributed by atoms with E-state index in [1.807, 2.05) is 0 Å². The van der Waals surface area contributed by atoms with Gasteiger partial charge in [-0.25, -0.2) is 8.42 Å². The summed E-state index contributed by atoms with van der Waals surface area (Å²) in [7, 11) is 1.35. The van der Waals surface area contributed by atoms with Crippen LogP contribution in [0.5, 0.6) is 5.75 Å². The van der Waals surface area contributed by atoms with Crippen LogP contribution in [-0.2, 0) is 14.8 Å². The summed E-state index contributed by atoms with van der Waals surface area (Å²) in [5.41, 5.74) is 0.197. The average Bonchev–Trinajstić information content (AvgIpc) is 1.96. The van der Waals surface area contributed by atoms with Crippen molar-refractivity contribution in [3.05, 3.63) is 28.8 Å². The van der Waals surface area contributed by atoms with Gasteiger partial charge in [0.05, 0.1) is 10.8 Å². The Bertz CT molecular complexity index is 414. The second kappa shape index (κ2) is 3.74. The van der Waals surface area contributed by atoms with Crippen LogP contribution in [0.3, 0.4) is 0 Å². The maximum absolute atomic E-state index is 10.7. The Hall–Kier alpha value is -0.450. The van der Waals surface area contributed by atoms with Crippen molar-refractivity contribution < 1.29 is 13.5 Å².